The van der Waals surface area contributed by atoms with Crippen molar-refractivity contribution >= 4 is 23.6 Å². The largest absolute Gasteiger partial charge is 0.506 e. The maximum absolute atomic E-state index is 11.0. The molecule has 0 aromatic heterocycles. The fourth-order valence-electron chi connectivity index (χ4n) is 1.38. The number of benzene rings is 1. The molecule has 0 aliphatic heterocycles. The number of carbonyl (C=O) groups excluding carboxylic acids is 1. The molecule has 20 heavy (non-hydrogen) atoms. The number of hydrogen-bond acceptors (Lipinski definition) is 3. The minimum absolute atomic E-state index is 0.00252. The number of anilines is 1. The van der Waals surface area contributed by atoms with Gasteiger partial charge in [0.25, 0.3) is 0 Å². The van der Waals surface area contributed by atoms with Crippen LogP contribution in [0.25, 0.3) is 6.08 Å². The van der Waals surface area contributed by atoms with Crippen LogP contribution in [0.2, 0.25) is 0 Å². The molecule has 0 unspecified atom stereocenters. The number of carbonyl (C=O) groups is 2. The second kappa shape index (κ2) is 7.58. The SMILES string of the molecule is CC(=O)Nc1cc(/C=C/C=C/C=C/C(=O)O)ccc1O. The molecule has 5 heteroatoms. The van der Waals surface area contributed by atoms with Crippen LogP contribution >= 0.6 is 0 Å². The van der Waals surface area contributed by atoms with Crippen LogP contribution in [0.5, 0.6) is 5.75 Å². The van der Waals surface area contributed by atoms with Gasteiger partial charge in [-0.05, 0) is 17.7 Å². The molecule has 1 amide bonds. The van der Waals surface area contributed by atoms with Gasteiger partial charge < -0.3 is 15.5 Å². The predicted molar refractivity (Wildman–Crippen MR) is 77.4 cm³/mol. The number of phenolic OH excluding ortho intramolecular Hbond substituents is 1. The number of carboxylic acids is 1. The van der Waals surface area contributed by atoms with E-state index in [0.717, 1.165) is 11.6 Å². The van der Waals surface area contributed by atoms with E-state index in [-0.39, 0.29) is 11.7 Å². The standard InChI is InChI=1S/C15H15NO4/c1-11(17)16-13-10-12(8-9-14(13)18)6-4-2-3-5-7-15(19)20/h2-10,18H,1H3,(H,16,17)(H,19,20)/b3-2+,6-4+,7-5+. The van der Waals surface area contributed by atoms with Gasteiger partial charge in [-0.2, -0.15) is 0 Å². The normalized spacial score (nSPS) is 11.4. The highest BCUT2D eigenvalue weighted by molar-refractivity contribution is 5.90. The first kappa shape index (κ1) is 15.2. The summed E-state index contributed by atoms with van der Waals surface area (Å²) in [6.07, 6.45) is 9.17. The fourth-order valence-corrected chi connectivity index (χ4v) is 1.38. The van der Waals surface area contributed by atoms with E-state index in [1.165, 1.54) is 19.1 Å². The fraction of sp³-hybridized carbons (Fsp3) is 0.0667. The highest BCUT2D eigenvalue weighted by Gasteiger charge is 2.02. The van der Waals surface area contributed by atoms with Gasteiger partial charge in [0.05, 0.1) is 5.69 Å². The Morgan fingerprint density at radius 2 is 1.85 bits per heavy atom. The first-order chi connectivity index (χ1) is 9.49. The van der Waals surface area contributed by atoms with Crippen LogP contribution in [0, 0.1) is 0 Å². The molecule has 0 aliphatic rings. The van der Waals surface area contributed by atoms with Crippen molar-refractivity contribution in [3.05, 3.63) is 54.1 Å². The number of phenols is 1. The number of carboxylic acid groups (broad SMARTS) is 1. The van der Waals surface area contributed by atoms with Crippen LogP contribution in [0.1, 0.15) is 12.5 Å². The Morgan fingerprint density at radius 3 is 2.50 bits per heavy atom. The summed E-state index contributed by atoms with van der Waals surface area (Å²) in [5.41, 5.74) is 1.13. The van der Waals surface area contributed by atoms with Crippen molar-refractivity contribution in [3.63, 3.8) is 0 Å². The molecule has 0 bridgehead atoms. The van der Waals surface area contributed by atoms with Crippen molar-refractivity contribution < 1.29 is 19.8 Å². The van der Waals surface area contributed by atoms with E-state index in [1.54, 1.807) is 36.4 Å². The number of rotatable bonds is 5. The minimum Gasteiger partial charge on any atom is -0.506 e. The average molecular weight is 273 g/mol. The van der Waals surface area contributed by atoms with Gasteiger partial charge in [0, 0.05) is 13.0 Å². The van der Waals surface area contributed by atoms with Crippen LogP contribution < -0.4 is 5.32 Å². The number of aromatic hydroxyl groups is 1. The van der Waals surface area contributed by atoms with E-state index in [2.05, 4.69) is 5.32 Å². The smallest absolute Gasteiger partial charge is 0.328 e. The van der Waals surface area contributed by atoms with Crippen LogP contribution in [0.4, 0.5) is 5.69 Å². The maximum atomic E-state index is 11.0. The van der Waals surface area contributed by atoms with Crippen LogP contribution in [0.3, 0.4) is 0 Å². The molecule has 5 nitrogen and oxygen atoms in total. The predicted octanol–water partition coefficient (Wildman–Crippen LogP) is 2.56. The Kier molecular flexibility index (Phi) is 5.77. The van der Waals surface area contributed by atoms with Crippen LogP contribution in [0.15, 0.2) is 48.6 Å². The van der Waals surface area contributed by atoms with Crippen LogP contribution in [-0.2, 0) is 9.59 Å². The Morgan fingerprint density at radius 1 is 1.15 bits per heavy atom. The number of allylic oxidation sites excluding steroid dienone is 4. The lowest BCUT2D eigenvalue weighted by atomic mass is 10.1. The van der Waals surface area contributed by atoms with E-state index in [4.69, 9.17) is 5.11 Å². The monoisotopic (exact) mass is 273 g/mol. The minimum atomic E-state index is -1.00. The van der Waals surface area contributed by atoms with Crippen molar-refractivity contribution in [2.45, 2.75) is 6.92 Å². The number of nitrogens with one attached hydrogen (secondary N) is 1. The Balaban J connectivity index is 2.73. The van der Waals surface area contributed by atoms with E-state index in [1.807, 2.05) is 0 Å². The first-order valence-corrected chi connectivity index (χ1v) is 5.84. The summed E-state index contributed by atoms with van der Waals surface area (Å²) in [6, 6.07) is 4.81. The van der Waals surface area contributed by atoms with Gasteiger partial charge in [0.2, 0.25) is 5.91 Å². The molecule has 0 radical (unpaired) electrons. The molecule has 0 saturated carbocycles. The van der Waals surface area contributed by atoms with Crippen molar-refractivity contribution in [2.24, 2.45) is 0 Å². The molecule has 0 saturated heterocycles. The van der Waals surface area contributed by atoms with Gasteiger partial charge in [-0.25, -0.2) is 4.79 Å². The number of aliphatic carboxylic acids is 1. The molecular formula is C15H15NO4. The molecule has 0 aliphatic carbocycles. The second-order valence-corrected chi connectivity index (χ2v) is 3.90. The lowest BCUT2D eigenvalue weighted by molar-refractivity contribution is -0.131. The summed E-state index contributed by atoms with van der Waals surface area (Å²) >= 11 is 0. The summed E-state index contributed by atoms with van der Waals surface area (Å²) in [6.45, 7) is 1.36. The Hall–Kier alpha value is -2.82. The number of hydrogen-bond donors (Lipinski definition) is 3. The quantitative estimate of drug-likeness (QED) is 0.437. The molecule has 0 spiro atoms. The first-order valence-electron chi connectivity index (χ1n) is 5.84. The van der Waals surface area contributed by atoms with Gasteiger partial charge in [-0.15, -0.1) is 0 Å². The van der Waals surface area contributed by atoms with E-state index in [9.17, 15) is 14.7 Å². The summed E-state index contributed by atoms with van der Waals surface area (Å²) in [7, 11) is 0. The lowest BCUT2D eigenvalue weighted by Crippen LogP contribution is -2.05. The Bertz CT molecular complexity index is 586. The van der Waals surface area contributed by atoms with E-state index >= 15 is 0 Å². The summed E-state index contributed by atoms with van der Waals surface area (Å²) < 4.78 is 0. The highest BCUT2D eigenvalue weighted by atomic mass is 16.4. The maximum Gasteiger partial charge on any atom is 0.328 e. The lowest BCUT2D eigenvalue weighted by Gasteiger charge is -2.05. The van der Waals surface area contributed by atoms with Gasteiger partial charge in [0.1, 0.15) is 5.75 Å². The number of amides is 1. The summed E-state index contributed by atoms with van der Waals surface area (Å²) in [5, 5.41) is 20.5. The van der Waals surface area contributed by atoms with E-state index < -0.39 is 5.97 Å². The third-order valence-corrected chi connectivity index (χ3v) is 2.19. The van der Waals surface area contributed by atoms with Crippen molar-refractivity contribution in [3.8, 4) is 5.75 Å². The molecule has 3 N–H and O–H groups in total. The molecule has 0 atom stereocenters. The molecule has 1 aromatic carbocycles. The average Bonchev–Trinajstić information content (AvgIpc) is 2.36. The molecule has 1 rings (SSSR count). The Labute approximate surface area is 116 Å². The summed E-state index contributed by atoms with van der Waals surface area (Å²) in [5.74, 6) is -1.27. The van der Waals surface area contributed by atoms with Gasteiger partial charge in [-0.1, -0.05) is 36.4 Å². The second-order valence-electron chi connectivity index (χ2n) is 3.90. The van der Waals surface area contributed by atoms with Crippen molar-refractivity contribution in [2.75, 3.05) is 5.32 Å². The van der Waals surface area contributed by atoms with Gasteiger partial charge in [-0.3, -0.25) is 4.79 Å². The molecule has 0 fully saturated rings. The zero-order valence-corrected chi connectivity index (χ0v) is 10.9. The van der Waals surface area contributed by atoms with Crippen LogP contribution in [-0.4, -0.2) is 22.1 Å². The third kappa shape index (κ3) is 5.68. The van der Waals surface area contributed by atoms with E-state index in [0.29, 0.717) is 5.69 Å². The highest BCUT2D eigenvalue weighted by Crippen LogP contribution is 2.24. The molecule has 1 aromatic rings. The third-order valence-electron chi connectivity index (χ3n) is 2.19. The van der Waals surface area contributed by atoms with Gasteiger partial charge >= 0.3 is 5.97 Å². The topological polar surface area (TPSA) is 86.6 Å². The van der Waals surface area contributed by atoms with Crippen molar-refractivity contribution in [1.82, 2.24) is 0 Å². The zero-order chi connectivity index (χ0) is 15.0. The molecular weight excluding hydrogens is 258 g/mol. The zero-order valence-electron chi connectivity index (χ0n) is 10.9. The van der Waals surface area contributed by atoms with Gasteiger partial charge in [0.15, 0.2) is 0 Å². The van der Waals surface area contributed by atoms with Crippen molar-refractivity contribution in [1.29, 1.82) is 0 Å². The molecule has 104 valence electrons. The summed E-state index contributed by atoms with van der Waals surface area (Å²) in [4.78, 5) is 21.2. The molecule has 0 heterocycles.